The molecule has 1 saturated heterocycles. The summed E-state index contributed by atoms with van der Waals surface area (Å²) in [5, 5.41) is 0. The van der Waals surface area contributed by atoms with Crippen molar-refractivity contribution in [3.05, 3.63) is 35.6 Å². The van der Waals surface area contributed by atoms with E-state index in [1.807, 2.05) is 6.07 Å². The third-order valence-corrected chi connectivity index (χ3v) is 6.61. The number of quaternary nitrogens is 1. The number of piperazine rings is 1. The molecule has 172 valence electrons. The van der Waals surface area contributed by atoms with Gasteiger partial charge in [-0.15, -0.1) is 0 Å². The topological polar surface area (TPSA) is 20.3 Å². The number of hydrogen-bond acceptors (Lipinski definition) is 1. The predicted octanol–water partition coefficient (Wildman–Crippen LogP) is 2.93. The van der Waals surface area contributed by atoms with E-state index in [0.717, 1.165) is 55.7 Å². The molecule has 1 aliphatic heterocycles. The summed E-state index contributed by atoms with van der Waals surface area (Å²) < 4.78 is 14.5. The molecule has 0 radical (unpaired) electrons. The minimum absolute atomic E-state index is 0. The van der Waals surface area contributed by atoms with Crippen LogP contribution in [0.2, 0.25) is 0 Å². The van der Waals surface area contributed by atoms with Gasteiger partial charge in [0.05, 0.1) is 32.7 Å². The number of rotatable bonds is 13. The number of likely N-dealkylation sites (N-methyl/N-ethyl adjacent to an activating group) is 1. The van der Waals surface area contributed by atoms with Crippen LogP contribution < -0.4 is 17.0 Å². The molecule has 30 heavy (non-hydrogen) atoms. The summed E-state index contributed by atoms with van der Waals surface area (Å²) >= 11 is 0. The fourth-order valence-electron chi connectivity index (χ4n) is 4.49. The molecule has 0 aliphatic carbocycles. The lowest BCUT2D eigenvalue weighted by atomic mass is 10.1. The Kier molecular flexibility index (Phi) is 13.5. The number of halogens is 2. The summed E-state index contributed by atoms with van der Waals surface area (Å²) in [5.41, 5.74) is 1.06. The molecule has 0 aromatic heterocycles. The van der Waals surface area contributed by atoms with E-state index in [1.165, 1.54) is 57.4 Å². The number of amides is 1. The summed E-state index contributed by atoms with van der Waals surface area (Å²) in [6.07, 6.45) is 12.3. The zero-order valence-electron chi connectivity index (χ0n) is 19.2. The maximum Gasteiger partial charge on any atom is 0.222 e. The second kappa shape index (κ2) is 15.0. The van der Waals surface area contributed by atoms with Crippen molar-refractivity contribution in [3.8, 4) is 0 Å². The second-order valence-corrected chi connectivity index (χ2v) is 8.85. The summed E-state index contributed by atoms with van der Waals surface area (Å²) in [5.74, 6) is 0.166. The normalized spacial score (nSPS) is 15.6. The van der Waals surface area contributed by atoms with Gasteiger partial charge in [0.1, 0.15) is 12.4 Å². The van der Waals surface area contributed by atoms with E-state index >= 15 is 0 Å². The van der Waals surface area contributed by atoms with Gasteiger partial charge >= 0.3 is 0 Å². The van der Waals surface area contributed by atoms with Gasteiger partial charge in [-0.2, -0.15) is 0 Å². The van der Waals surface area contributed by atoms with E-state index in [0.29, 0.717) is 12.3 Å². The monoisotopic (exact) mass is 484 g/mol. The molecule has 5 heteroatoms. The van der Waals surface area contributed by atoms with Gasteiger partial charge in [0.25, 0.3) is 0 Å². The Bertz CT molecular complexity index is 603. The van der Waals surface area contributed by atoms with E-state index in [2.05, 4.69) is 18.7 Å². The average molecular weight is 486 g/mol. The minimum Gasteiger partial charge on any atom is -1.00 e. The molecule has 0 atom stereocenters. The third-order valence-electron chi connectivity index (χ3n) is 6.61. The van der Waals surface area contributed by atoms with E-state index in [-0.39, 0.29) is 22.8 Å². The standard InChI is InChI=1S/C25H42FN2O.BrH/c1-3-5-6-7-8-9-10-11-12-16-25(29)27-17-19-28(4-2,20-18-27)22-23-14-13-15-24(26)21-23;/h13-15,21H,3-12,16-20,22H2,1-2H3;1H/q+1;/p-1. The first-order chi connectivity index (χ1) is 14.1. The van der Waals surface area contributed by atoms with Crippen LogP contribution >= 0.6 is 0 Å². The molecule has 0 unspecified atom stereocenters. The number of nitrogens with zero attached hydrogens (tertiary/aromatic N) is 2. The molecule has 1 aromatic rings. The predicted molar refractivity (Wildman–Crippen MR) is 119 cm³/mol. The van der Waals surface area contributed by atoms with Gasteiger partial charge in [0, 0.05) is 12.0 Å². The van der Waals surface area contributed by atoms with Crippen LogP contribution in [0.5, 0.6) is 0 Å². The van der Waals surface area contributed by atoms with Gasteiger partial charge in [-0.3, -0.25) is 4.79 Å². The summed E-state index contributed by atoms with van der Waals surface area (Å²) in [6.45, 7) is 9.95. The Hall–Kier alpha value is -0.940. The number of benzene rings is 1. The lowest BCUT2D eigenvalue weighted by Gasteiger charge is -2.44. The van der Waals surface area contributed by atoms with Crippen LogP contribution in [0.3, 0.4) is 0 Å². The number of hydrogen-bond donors (Lipinski definition) is 0. The van der Waals surface area contributed by atoms with Crippen molar-refractivity contribution in [1.82, 2.24) is 4.90 Å². The maximum atomic E-state index is 13.5. The molecule has 0 saturated carbocycles. The molecule has 0 N–H and O–H groups in total. The van der Waals surface area contributed by atoms with Crippen LogP contribution in [0, 0.1) is 5.82 Å². The van der Waals surface area contributed by atoms with Crippen molar-refractivity contribution in [1.29, 1.82) is 0 Å². The highest BCUT2D eigenvalue weighted by atomic mass is 79.9. The van der Waals surface area contributed by atoms with Crippen LogP contribution in [-0.2, 0) is 11.3 Å². The summed E-state index contributed by atoms with van der Waals surface area (Å²) in [4.78, 5) is 14.6. The average Bonchev–Trinajstić information content (AvgIpc) is 2.73. The first-order valence-electron chi connectivity index (χ1n) is 12.0. The lowest BCUT2D eigenvalue weighted by molar-refractivity contribution is -0.942. The Morgan fingerprint density at radius 1 is 0.967 bits per heavy atom. The summed E-state index contributed by atoms with van der Waals surface area (Å²) in [7, 11) is 0. The largest absolute Gasteiger partial charge is 1.00 e. The minimum atomic E-state index is -0.161. The van der Waals surface area contributed by atoms with Crippen LogP contribution in [0.25, 0.3) is 0 Å². The molecular formula is C25H42BrFN2O. The Morgan fingerprint density at radius 3 is 2.13 bits per heavy atom. The highest BCUT2D eigenvalue weighted by Crippen LogP contribution is 2.20. The van der Waals surface area contributed by atoms with E-state index in [1.54, 1.807) is 12.1 Å². The van der Waals surface area contributed by atoms with Crippen LogP contribution in [0.1, 0.15) is 83.6 Å². The highest BCUT2D eigenvalue weighted by molar-refractivity contribution is 5.76. The molecule has 0 bridgehead atoms. The Labute approximate surface area is 194 Å². The van der Waals surface area contributed by atoms with Crippen molar-refractivity contribution >= 4 is 5.91 Å². The quantitative estimate of drug-likeness (QED) is 0.311. The van der Waals surface area contributed by atoms with Crippen molar-refractivity contribution in [2.24, 2.45) is 0 Å². The SMILES string of the molecule is CCCCCCCCCCCC(=O)N1CC[N+](CC)(Cc2cccc(F)c2)CC1.[Br-]. The third kappa shape index (κ3) is 9.47. The molecular weight excluding hydrogens is 443 g/mol. The highest BCUT2D eigenvalue weighted by Gasteiger charge is 2.33. The van der Waals surface area contributed by atoms with Crippen molar-refractivity contribution < 1.29 is 30.6 Å². The zero-order valence-corrected chi connectivity index (χ0v) is 20.8. The molecule has 1 heterocycles. The van der Waals surface area contributed by atoms with Crippen LogP contribution in [-0.4, -0.2) is 48.0 Å². The summed E-state index contributed by atoms with van der Waals surface area (Å²) in [6, 6.07) is 6.96. The van der Waals surface area contributed by atoms with Gasteiger partial charge < -0.3 is 26.4 Å². The molecule has 2 rings (SSSR count). The maximum absolute atomic E-state index is 13.5. The fraction of sp³-hybridized carbons (Fsp3) is 0.720. The number of unbranched alkanes of at least 4 members (excludes halogenated alkanes) is 8. The van der Waals surface area contributed by atoms with Gasteiger partial charge in [0.2, 0.25) is 5.91 Å². The van der Waals surface area contributed by atoms with E-state index in [4.69, 9.17) is 0 Å². The molecule has 1 fully saturated rings. The van der Waals surface area contributed by atoms with Crippen molar-refractivity contribution in [2.75, 3.05) is 32.7 Å². The van der Waals surface area contributed by atoms with Crippen molar-refractivity contribution in [3.63, 3.8) is 0 Å². The molecule has 0 spiro atoms. The van der Waals surface area contributed by atoms with Crippen LogP contribution in [0.15, 0.2) is 24.3 Å². The van der Waals surface area contributed by atoms with Crippen molar-refractivity contribution in [2.45, 2.75) is 84.6 Å². The zero-order chi connectivity index (χ0) is 21.0. The first kappa shape index (κ1) is 27.1. The molecule has 1 aliphatic rings. The van der Waals surface area contributed by atoms with Gasteiger partial charge in [-0.1, -0.05) is 70.4 Å². The molecule has 3 nitrogen and oxygen atoms in total. The van der Waals surface area contributed by atoms with Gasteiger partial charge in [-0.25, -0.2) is 4.39 Å². The molecule has 1 amide bonds. The first-order valence-corrected chi connectivity index (χ1v) is 12.0. The Balaban J connectivity index is 0.00000450. The number of carbonyl (C=O) groups is 1. The van der Waals surface area contributed by atoms with E-state index in [9.17, 15) is 9.18 Å². The second-order valence-electron chi connectivity index (χ2n) is 8.85. The Morgan fingerprint density at radius 2 is 1.57 bits per heavy atom. The smallest absolute Gasteiger partial charge is 0.222 e. The number of carbonyl (C=O) groups excluding carboxylic acids is 1. The molecule has 1 aromatic carbocycles. The van der Waals surface area contributed by atoms with E-state index < -0.39 is 0 Å². The lowest BCUT2D eigenvalue weighted by Crippen LogP contribution is -3.00. The van der Waals surface area contributed by atoms with Gasteiger partial charge in [-0.05, 0) is 25.5 Å². The van der Waals surface area contributed by atoms with Crippen LogP contribution in [0.4, 0.5) is 4.39 Å². The fourth-order valence-corrected chi connectivity index (χ4v) is 4.49. The van der Waals surface area contributed by atoms with Gasteiger partial charge in [0.15, 0.2) is 0 Å².